The van der Waals surface area contributed by atoms with Gasteiger partial charge in [-0.05, 0) is 84.9 Å². The number of benzene rings is 3. The van der Waals surface area contributed by atoms with Crippen molar-refractivity contribution < 1.29 is 0 Å². The van der Waals surface area contributed by atoms with Crippen LogP contribution in [0.4, 0.5) is 0 Å². The van der Waals surface area contributed by atoms with Gasteiger partial charge in [-0.3, -0.25) is 19.9 Å². The summed E-state index contributed by atoms with van der Waals surface area (Å²) < 4.78 is 2.34. The molecule has 0 radical (unpaired) electrons. The van der Waals surface area contributed by atoms with Gasteiger partial charge >= 0.3 is 0 Å². The van der Waals surface area contributed by atoms with Crippen molar-refractivity contribution in [2.45, 2.75) is 0 Å². The van der Waals surface area contributed by atoms with Gasteiger partial charge in [-0.1, -0.05) is 42.5 Å². The molecule has 5 heterocycles. The first kappa shape index (κ1) is 24.8. The van der Waals surface area contributed by atoms with E-state index in [4.69, 9.17) is 19.9 Å². The van der Waals surface area contributed by atoms with Crippen molar-refractivity contribution >= 4 is 21.8 Å². The number of fused-ring (bicyclic) bond motifs is 3. The Balaban J connectivity index is 1.54. The highest BCUT2D eigenvalue weighted by Gasteiger charge is 2.21. The zero-order valence-corrected chi connectivity index (χ0v) is 23.2. The second-order valence-electron chi connectivity index (χ2n) is 10.4. The average molecular weight is 552 g/mol. The Morgan fingerprint density at radius 1 is 0.349 bits per heavy atom. The summed E-state index contributed by atoms with van der Waals surface area (Å²) in [6.07, 6.45) is 7.36. The molecule has 8 aromatic rings. The van der Waals surface area contributed by atoms with Gasteiger partial charge in [-0.15, -0.1) is 0 Å². The van der Waals surface area contributed by atoms with Gasteiger partial charge in [-0.25, -0.2) is 0 Å². The third-order valence-electron chi connectivity index (χ3n) is 7.82. The molecule has 43 heavy (non-hydrogen) atoms. The Kier molecular flexibility index (Phi) is 6.05. The number of para-hydroxylation sites is 1. The molecule has 3 aromatic carbocycles. The smallest absolute Gasteiger partial charge is 0.0709 e. The van der Waals surface area contributed by atoms with E-state index < -0.39 is 0 Å². The zero-order chi connectivity index (χ0) is 28.6. The second kappa shape index (κ2) is 10.5. The van der Waals surface area contributed by atoms with Crippen molar-refractivity contribution in [2.24, 2.45) is 0 Å². The van der Waals surface area contributed by atoms with Crippen LogP contribution in [0.1, 0.15) is 0 Å². The molecule has 0 aliphatic rings. The topological polar surface area (TPSA) is 56.5 Å². The zero-order valence-electron chi connectivity index (χ0n) is 23.2. The van der Waals surface area contributed by atoms with Crippen molar-refractivity contribution in [3.63, 3.8) is 0 Å². The fourth-order valence-corrected chi connectivity index (χ4v) is 5.90. The van der Waals surface area contributed by atoms with Gasteiger partial charge in [0.2, 0.25) is 0 Å². The van der Waals surface area contributed by atoms with Gasteiger partial charge in [-0.2, -0.15) is 0 Å². The molecule has 5 nitrogen and oxygen atoms in total. The average Bonchev–Trinajstić information content (AvgIpc) is 3.41. The Labute approximate surface area is 248 Å². The van der Waals surface area contributed by atoms with E-state index in [0.717, 1.165) is 72.5 Å². The first-order valence-corrected chi connectivity index (χ1v) is 14.2. The molecule has 0 saturated heterocycles. The van der Waals surface area contributed by atoms with Gasteiger partial charge in [0.15, 0.2) is 0 Å². The predicted molar refractivity (Wildman–Crippen MR) is 174 cm³/mol. The number of hydrogen-bond acceptors (Lipinski definition) is 4. The minimum absolute atomic E-state index is 0.901. The summed E-state index contributed by atoms with van der Waals surface area (Å²) >= 11 is 0. The molecule has 0 amide bonds. The Hall–Kier alpha value is -5.94. The maximum atomic E-state index is 4.75. The summed E-state index contributed by atoms with van der Waals surface area (Å²) in [5.74, 6) is 0. The van der Waals surface area contributed by atoms with E-state index in [0.29, 0.717) is 0 Å². The minimum atomic E-state index is 0.901. The summed E-state index contributed by atoms with van der Waals surface area (Å²) in [7, 11) is 0. The molecule has 0 saturated carbocycles. The molecule has 0 aliphatic carbocycles. The fourth-order valence-electron chi connectivity index (χ4n) is 5.90. The van der Waals surface area contributed by atoms with Crippen LogP contribution >= 0.6 is 0 Å². The van der Waals surface area contributed by atoms with Crippen molar-refractivity contribution in [1.29, 1.82) is 0 Å². The van der Waals surface area contributed by atoms with E-state index >= 15 is 0 Å². The van der Waals surface area contributed by atoms with Crippen LogP contribution in [0.15, 0.2) is 152 Å². The van der Waals surface area contributed by atoms with E-state index in [2.05, 4.69) is 77.4 Å². The lowest BCUT2D eigenvalue weighted by atomic mass is 9.95. The molecule has 0 bridgehead atoms. The third kappa shape index (κ3) is 4.35. The number of pyridine rings is 4. The van der Waals surface area contributed by atoms with Gasteiger partial charge in [0.1, 0.15) is 0 Å². The number of aromatic nitrogens is 5. The molecular weight excluding hydrogens is 526 g/mol. The molecule has 0 aliphatic heterocycles. The highest BCUT2D eigenvalue weighted by atomic mass is 15.0. The lowest BCUT2D eigenvalue weighted by molar-refractivity contribution is 1.18. The first-order valence-electron chi connectivity index (χ1n) is 14.2. The quantitative estimate of drug-likeness (QED) is 0.214. The second-order valence-corrected chi connectivity index (χ2v) is 10.4. The molecule has 0 fully saturated rings. The van der Waals surface area contributed by atoms with Crippen LogP contribution in [-0.2, 0) is 0 Å². The molecule has 0 atom stereocenters. The van der Waals surface area contributed by atoms with Crippen LogP contribution in [-0.4, -0.2) is 24.5 Å². The van der Waals surface area contributed by atoms with Crippen LogP contribution in [0.3, 0.4) is 0 Å². The summed E-state index contributed by atoms with van der Waals surface area (Å²) in [5, 5.41) is 2.26. The maximum absolute atomic E-state index is 4.75. The van der Waals surface area contributed by atoms with E-state index in [-0.39, 0.29) is 0 Å². The largest absolute Gasteiger partial charge is 0.309 e. The third-order valence-corrected chi connectivity index (χ3v) is 7.82. The predicted octanol–water partition coefficient (Wildman–Crippen LogP) is 9.03. The van der Waals surface area contributed by atoms with E-state index in [1.54, 1.807) is 0 Å². The standard InChI is InChI=1S/C38H25N5/c1-2-12-26(13-3-1)43-37-24-29(35-16-6-10-20-41-35)27(33-14-4-8-18-39-33)22-31(37)32-23-28(34-15-5-9-19-40-34)30(25-38(32)43)36-17-7-11-21-42-36/h1-25H. The Morgan fingerprint density at radius 2 is 0.698 bits per heavy atom. The summed E-state index contributed by atoms with van der Waals surface area (Å²) in [6, 6.07) is 43.7. The van der Waals surface area contributed by atoms with Crippen molar-refractivity contribution in [2.75, 3.05) is 0 Å². The molecular formula is C38H25N5. The molecule has 0 N–H and O–H groups in total. The monoisotopic (exact) mass is 551 g/mol. The minimum Gasteiger partial charge on any atom is -0.309 e. The first-order chi connectivity index (χ1) is 21.3. The molecule has 8 rings (SSSR count). The lowest BCUT2D eigenvalue weighted by Gasteiger charge is -2.13. The van der Waals surface area contributed by atoms with Gasteiger partial charge < -0.3 is 4.57 Å². The molecule has 0 unspecified atom stereocenters. The molecule has 5 aromatic heterocycles. The van der Waals surface area contributed by atoms with Crippen LogP contribution in [0.25, 0.3) is 72.5 Å². The highest BCUT2D eigenvalue weighted by molar-refractivity contribution is 6.14. The fraction of sp³-hybridized carbons (Fsp3) is 0. The molecule has 5 heteroatoms. The van der Waals surface area contributed by atoms with E-state index in [1.807, 2.05) is 79.4 Å². The lowest BCUT2D eigenvalue weighted by Crippen LogP contribution is -1.96. The number of hydrogen-bond donors (Lipinski definition) is 0. The van der Waals surface area contributed by atoms with Gasteiger partial charge in [0.25, 0.3) is 0 Å². The van der Waals surface area contributed by atoms with E-state index in [1.165, 1.54) is 0 Å². The number of nitrogens with zero attached hydrogens (tertiary/aromatic N) is 5. The highest BCUT2D eigenvalue weighted by Crippen LogP contribution is 2.43. The van der Waals surface area contributed by atoms with E-state index in [9.17, 15) is 0 Å². The maximum Gasteiger partial charge on any atom is 0.0709 e. The summed E-state index contributed by atoms with van der Waals surface area (Å²) in [5.41, 5.74) is 11.0. The molecule has 0 spiro atoms. The van der Waals surface area contributed by atoms with Gasteiger partial charge in [0.05, 0.1) is 33.8 Å². The summed E-state index contributed by atoms with van der Waals surface area (Å²) in [4.78, 5) is 19.0. The normalized spacial score (nSPS) is 11.3. The van der Waals surface area contributed by atoms with Crippen LogP contribution in [0.2, 0.25) is 0 Å². The number of rotatable bonds is 5. The van der Waals surface area contributed by atoms with Crippen molar-refractivity contribution in [3.8, 4) is 50.7 Å². The van der Waals surface area contributed by atoms with Crippen molar-refractivity contribution in [1.82, 2.24) is 24.5 Å². The Bertz CT molecular complexity index is 2050. The van der Waals surface area contributed by atoms with Crippen LogP contribution < -0.4 is 0 Å². The van der Waals surface area contributed by atoms with Crippen LogP contribution in [0, 0.1) is 0 Å². The Morgan fingerprint density at radius 3 is 1.05 bits per heavy atom. The van der Waals surface area contributed by atoms with Crippen molar-refractivity contribution in [3.05, 3.63) is 152 Å². The van der Waals surface area contributed by atoms with Crippen LogP contribution in [0.5, 0.6) is 0 Å². The SMILES string of the molecule is c1ccc(-n2c3cc(-c4ccccn4)c(-c4ccccn4)cc3c3cc(-c4ccccn4)c(-c4ccccn4)cc32)cc1. The van der Waals surface area contributed by atoms with Gasteiger partial charge in [0, 0.05) is 63.5 Å². The summed E-state index contributed by atoms with van der Waals surface area (Å²) in [6.45, 7) is 0. The molecule has 202 valence electrons.